The molecule has 0 heterocycles. The second kappa shape index (κ2) is 9.41. The first-order valence-electron chi connectivity index (χ1n) is 10.8. The molecule has 2 aromatic rings. The number of hydrogen-bond donors (Lipinski definition) is 0. The third kappa shape index (κ3) is 4.24. The van der Waals surface area contributed by atoms with Crippen LogP contribution in [0.15, 0.2) is 30.3 Å². The van der Waals surface area contributed by atoms with Crippen molar-refractivity contribution >= 4 is 11.8 Å². The Kier molecular flexibility index (Phi) is 6.44. The Morgan fingerprint density at radius 2 is 1.68 bits per heavy atom. The average Bonchev–Trinajstić information content (AvgIpc) is 3.46. The van der Waals surface area contributed by atoms with Gasteiger partial charge in [-0.2, -0.15) is 0 Å². The maximum absolute atomic E-state index is 12.2. The fourth-order valence-electron chi connectivity index (χ4n) is 4.56. The lowest BCUT2D eigenvalue weighted by Gasteiger charge is -2.19. The van der Waals surface area contributed by atoms with Gasteiger partial charge in [0, 0.05) is 17.5 Å². The summed E-state index contributed by atoms with van der Waals surface area (Å²) in [7, 11) is 3.14. The predicted molar refractivity (Wildman–Crippen MR) is 116 cm³/mol. The Hall–Kier alpha value is -3.02. The third-order valence-electron chi connectivity index (χ3n) is 6.13. The summed E-state index contributed by atoms with van der Waals surface area (Å²) in [6.45, 7) is 0.365. The molecule has 4 rings (SSSR count). The largest absolute Gasteiger partial charge is 0.493 e. The van der Waals surface area contributed by atoms with Gasteiger partial charge in [0.2, 0.25) is 5.75 Å². The average molecular weight is 424 g/mol. The van der Waals surface area contributed by atoms with Gasteiger partial charge in [-0.3, -0.25) is 9.59 Å². The molecule has 1 fully saturated rings. The van der Waals surface area contributed by atoms with Crippen LogP contribution in [0.5, 0.6) is 17.2 Å². The van der Waals surface area contributed by atoms with E-state index < -0.39 is 0 Å². The summed E-state index contributed by atoms with van der Waals surface area (Å²) < 4.78 is 22.6. The molecule has 0 N–H and O–H groups in total. The highest BCUT2D eigenvalue weighted by Gasteiger charge is 2.26. The Morgan fingerprint density at radius 1 is 0.903 bits per heavy atom. The van der Waals surface area contributed by atoms with Crippen molar-refractivity contribution in [2.75, 3.05) is 27.4 Å². The number of hydrogen-bond acceptors (Lipinski definition) is 6. The molecule has 6 nitrogen and oxygen atoms in total. The number of ketones is 1. The number of ether oxygens (including phenoxy) is 4. The van der Waals surface area contributed by atoms with Crippen LogP contribution in [0.25, 0.3) is 11.1 Å². The van der Waals surface area contributed by atoms with E-state index in [0.717, 1.165) is 47.9 Å². The minimum atomic E-state index is -0.140. The van der Waals surface area contributed by atoms with Crippen LogP contribution in [0.4, 0.5) is 0 Å². The maximum atomic E-state index is 12.2. The van der Waals surface area contributed by atoms with Crippen LogP contribution in [0.2, 0.25) is 0 Å². The van der Waals surface area contributed by atoms with E-state index in [1.165, 1.54) is 0 Å². The molecule has 2 aliphatic carbocycles. The van der Waals surface area contributed by atoms with E-state index in [1.54, 1.807) is 14.2 Å². The van der Waals surface area contributed by atoms with Crippen LogP contribution < -0.4 is 14.2 Å². The number of fused-ring (bicyclic) bond motifs is 1. The SMILES string of the molecule is COc1ccc(-c2cccc3c2CCC3=O)c(OCCOC(=O)C2CCCC2)c1OC. The van der Waals surface area contributed by atoms with Gasteiger partial charge in [0.25, 0.3) is 0 Å². The topological polar surface area (TPSA) is 71.1 Å². The molecule has 0 unspecified atom stereocenters. The summed E-state index contributed by atoms with van der Waals surface area (Å²) in [5.41, 5.74) is 3.56. The van der Waals surface area contributed by atoms with Crippen LogP contribution in [-0.2, 0) is 16.0 Å². The first-order valence-corrected chi connectivity index (χ1v) is 10.8. The molecule has 164 valence electrons. The van der Waals surface area contributed by atoms with E-state index in [-0.39, 0.29) is 30.9 Å². The van der Waals surface area contributed by atoms with E-state index in [4.69, 9.17) is 18.9 Å². The van der Waals surface area contributed by atoms with E-state index in [1.807, 2.05) is 30.3 Å². The van der Waals surface area contributed by atoms with Crippen molar-refractivity contribution in [1.29, 1.82) is 0 Å². The highest BCUT2D eigenvalue weighted by atomic mass is 16.6. The van der Waals surface area contributed by atoms with Gasteiger partial charge in [-0.15, -0.1) is 0 Å². The van der Waals surface area contributed by atoms with Crippen molar-refractivity contribution in [3.8, 4) is 28.4 Å². The summed E-state index contributed by atoms with van der Waals surface area (Å²) in [4.78, 5) is 24.4. The lowest BCUT2D eigenvalue weighted by Crippen LogP contribution is -2.18. The molecular formula is C25H28O6. The van der Waals surface area contributed by atoms with Crippen molar-refractivity contribution in [1.82, 2.24) is 0 Å². The number of methoxy groups -OCH3 is 2. The lowest BCUT2D eigenvalue weighted by atomic mass is 9.95. The summed E-state index contributed by atoms with van der Waals surface area (Å²) in [5, 5.41) is 0. The van der Waals surface area contributed by atoms with Crippen molar-refractivity contribution in [2.24, 2.45) is 5.92 Å². The number of Topliss-reactive ketones (excluding diaryl/α,β-unsaturated/α-hetero) is 1. The first-order chi connectivity index (χ1) is 15.1. The van der Waals surface area contributed by atoms with Gasteiger partial charge in [0.15, 0.2) is 17.3 Å². The molecule has 0 atom stereocenters. The molecule has 2 aromatic carbocycles. The van der Waals surface area contributed by atoms with Crippen LogP contribution in [0.3, 0.4) is 0 Å². The molecule has 0 radical (unpaired) electrons. The van der Waals surface area contributed by atoms with Crippen LogP contribution in [0.1, 0.15) is 48.0 Å². The van der Waals surface area contributed by atoms with Crippen LogP contribution in [0, 0.1) is 5.92 Å². The second-order valence-electron chi connectivity index (χ2n) is 7.93. The molecule has 0 spiro atoms. The number of carbonyl (C=O) groups excluding carboxylic acids is 2. The highest BCUT2D eigenvalue weighted by molar-refractivity contribution is 6.02. The normalized spacial score (nSPS) is 15.6. The number of esters is 1. The van der Waals surface area contributed by atoms with Gasteiger partial charge in [0.05, 0.1) is 20.1 Å². The van der Waals surface area contributed by atoms with Crippen LogP contribution in [-0.4, -0.2) is 39.2 Å². The van der Waals surface area contributed by atoms with Gasteiger partial charge in [0.1, 0.15) is 13.2 Å². The summed E-state index contributed by atoms with van der Waals surface area (Å²) in [5.74, 6) is 1.59. The Morgan fingerprint density at radius 3 is 2.42 bits per heavy atom. The van der Waals surface area contributed by atoms with Crippen molar-refractivity contribution < 1.29 is 28.5 Å². The fourth-order valence-corrected chi connectivity index (χ4v) is 4.56. The molecule has 0 amide bonds. The molecule has 0 aromatic heterocycles. The van der Waals surface area contributed by atoms with E-state index in [2.05, 4.69) is 0 Å². The van der Waals surface area contributed by atoms with Gasteiger partial charge in [-0.25, -0.2) is 0 Å². The monoisotopic (exact) mass is 424 g/mol. The number of benzene rings is 2. The Labute approximate surface area is 182 Å². The van der Waals surface area contributed by atoms with Gasteiger partial charge < -0.3 is 18.9 Å². The zero-order valence-electron chi connectivity index (χ0n) is 18.1. The Balaban J connectivity index is 1.58. The van der Waals surface area contributed by atoms with E-state index >= 15 is 0 Å². The summed E-state index contributed by atoms with van der Waals surface area (Å²) in [6.07, 6.45) is 5.22. The molecule has 0 aliphatic heterocycles. The van der Waals surface area contributed by atoms with Gasteiger partial charge in [-0.1, -0.05) is 31.0 Å². The minimum absolute atomic E-state index is 0.0198. The van der Waals surface area contributed by atoms with Gasteiger partial charge in [-0.05, 0) is 42.5 Å². The molecule has 0 saturated heterocycles. The van der Waals surface area contributed by atoms with Gasteiger partial charge >= 0.3 is 5.97 Å². The number of carbonyl (C=O) groups is 2. The first kappa shape index (κ1) is 21.2. The minimum Gasteiger partial charge on any atom is -0.493 e. The van der Waals surface area contributed by atoms with E-state index in [9.17, 15) is 9.59 Å². The lowest BCUT2D eigenvalue weighted by molar-refractivity contribution is -0.149. The summed E-state index contributed by atoms with van der Waals surface area (Å²) >= 11 is 0. The molecule has 2 aliphatic rings. The standard InChI is InChI=1S/C25H28O6/c1-28-22-13-11-20(17-8-5-9-19-18(17)10-12-21(19)26)23(24(22)29-2)30-14-15-31-25(27)16-6-3-4-7-16/h5,8-9,11,13,16H,3-4,6-7,10,12,14-15H2,1-2H3. The fraction of sp³-hybridized carbons (Fsp3) is 0.440. The Bertz CT molecular complexity index is 974. The van der Waals surface area contributed by atoms with Crippen molar-refractivity contribution in [2.45, 2.75) is 38.5 Å². The molecule has 6 heteroatoms. The number of rotatable bonds is 8. The zero-order valence-corrected chi connectivity index (χ0v) is 18.1. The van der Waals surface area contributed by atoms with E-state index in [0.29, 0.717) is 30.1 Å². The quantitative estimate of drug-likeness (QED) is 0.455. The predicted octanol–water partition coefficient (Wildman–Crippen LogP) is 4.61. The molecule has 0 bridgehead atoms. The van der Waals surface area contributed by atoms with Crippen LogP contribution >= 0.6 is 0 Å². The van der Waals surface area contributed by atoms with Crippen molar-refractivity contribution in [3.63, 3.8) is 0 Å². The zero-order chi connectivity index (χ0) is 21.8. The highest BCUT2D eigenvalue weighted by Crippen LogP contribution is 2.46. The third-order valence-corrected chi connectivity index (χ3v) is 6.13. The van der Waals surface area contributed by atoms with Crippen molar-refractivity contribution in [3.05, 3.63) is 41.5 Å². The smallest absolute Gasteiger partial charge is 0.309 e. The maximum Gasteiger partial charge on any atom is 0.309 e. The summed E-state index contributed by atoms with van der Waals surface area (Å²) in [6, 6.07) is 9.50. The second-order valence-corrected chi connectivity index (χ2v) is 7.93. The molecule has 31 heavy (non-hydrogen) atoms. The molecule has 1 saturated carbocycles. The molecular weight excluding hydrogens is 396 g/mol.